The van der Waals surface area contributed by atoms with E-state index in [1.165, 1.54) is 49.8 Å². The summed E-state index contributed by atoms with van der Waals surface area (Å²) in [6.45, 7) is 2.89. The van der Waals surface area contributed by atoms with Crippen LogP contribution in [0.3, 0.4) is 0 Å². The summed E-state index contributed by atoms with van der Waals surface area (Å²) in [6.07, 6.45) is 6.03. The Labute approximate surface area is 357 Å². The molecule has 0 aliphatic carbocycles. The van der Waals surface area contributed by atoms with Crippen LogP contribution in [-0.4, -0.2) is 60.9 Å². The molecule has 18 heteroatoms. The number of amidine groups is 2. The number of sulfonamides is 2. The number of benzene rings is 4. The minimum Gasteiger partial charge on any atom is -0.448 e. The number of ketones is 3. The van der Waals surface area contributed by atoms with Gasteiger partial charge in [0.2, 0.25) is 11.8 Å². The molecule has 0 saturated carbocycles. The van der Waals surface area contributed by atoms with Crippen LogP contribution in [0.5, 0.6) is 0 Å². The van der Waals surface area contributed by atoms with Crippen molar-refractivity contribution in [3.63, 3.8) is 0 Å². The molecular weight excluding hydrogens is 837 g/mol. The number of aliphatic hydroxyl groups is 1. The average molecular weight is 877 g/mol. The molecule has 16 nitrogen and oxygen atoms in total. The molecule has 0 saturated heterocycles. The maximum Gasteiger partial charge on any atom is 0.286 e. The predicted molar refractivity (Wildman–Crippen MR) is 228 cm³/mol. The van der Waals surface area contributed by atoms with Crippen LogP contribution in [0, 0.1) is 0 Å². The maximum absolute atomic E-state index is 12.8. The molecule has 4 heterocycles. The van der Waals surface area contributed by atoms with Crippen LogP contribution < -0.4 is 10.6 Å². The van der Waals surface area contributed by atoms with E-state index in [1.54, 1.807) is 25.4 Å². The fourth-order valence-electron chi connectivity index (χ4n) is 6.89. The summed E-state index contributed by atoms with van der Waals surface area (Å²) in [5, 5.41) is 15.3. The van der Waals surface area contributed by atoms with E-state index in [-0.39, 0.29) is 68.9 Å². The lowest BCUT2D eigenvalue weighted by Gasteiger charge is -2.19. The smallest absolute Gasteiger partial charge is 0.286 e. The number of Topliss-reactive ketones (excluding diaryl/α,β-unsaturated/α-hetero) is 3. The number of anilines is 2. The molecule has 3 unspecified atom stereocenters. The fraction of sp³-hybridized carbons (Fsp3) is 0.205. The zero-order valence-corrected chi connectivity index (χ0v) is 35.0. The van der Waals surface area contributed by atoms with Gasteiger partial charge in [0, 0.05) is 18.4 Å². The highest BCUT2D eigenvalue weighted by molar-refractivity contribution is 7.91. The number of aliphatic hydroxyl groups excluding tert-OH is 1. The minimum absolute atomic E-state index is 0.0319. The number of hydrogen-bond acceptors (Lipinski definition) is 14. The minimum atomic E-state index is -4.10. The Morgan fingerprint density at radius 1 is 0.629 bits per heavy atom. The lowest BCUT2D eigenvalue weighted by Crippen LogP contribution is -2.29. The van der Waals surface area contributed by atoms with Crippen molar-refractivity contribution in [3.8, 4) is 0 Å². The third kappa shape index (κ3) is 9.83. The zero-order chi connectivity index (χ0) is 44.0. The van der Waals surface area contributed by atoms with E-state index in [1.807, 2.05) is 60.7 Å². The lowest BCUT2D eigenvalue weighted by atomic mass is 9.93. The Bertz CT molecular complexity index is 2880. The molecule has 6 aromatic rings. The molecule has 3 atom stereocenters. The van der Waals surface area contributed by atoms with Gasteiger partial charge >= 0.3 is 0 Å². The van der Waals surface area contributed by atoms with Gasteiger partial charge in [-0.3, -0.25) is 14.4 Å². The first-order chi connectivity index (χ1) is 29.7. The summed E-state index contributed by atoms with van der Waals surface area (Å²) in [6, 6.07) is 27.8. The fourth-order valence-corrected chi connectivity index (χ4v) is 9.22. The number of aromatic nitrogens is 2. The van der Waals surface area contributed by atoms with Crippen LogP contribution in [0.4, 0.5) is 11.4 Å². The predicted octanol–water partition coefficient (Wildman–Crippen LogP) is 6.99. The molecule has 0 fully saturated rings. The molecule has 8 rings (SSSR count). The maximum atomic E-state index is 12.8. The highest BCUT2D eigenvalue weighted by Gasteiger charge is 2.31. The largest absolute Gasteiger partial charge is 0.448 e. The van der Waals surface area contributed by atoms with Gasteiger partial charge in [0.1, 0.15) is 22.3 Å². The van der Waals surface area contributed by atoms with E-state index in [0.29, 0.717) is 30.2 Å². The molecule has 2 aliphatic heterocycles. The Hall–Kier alpha value is -6.89. The first-order valence-corrected chi connectivity index (χ1v) is 22.2. The number of carbonyl (C=O) groups is 3. The van der Waals surface area contributed by atoms with Crippen LogP contribution in [0.2, 0.25) is 0 Å². The number of fused-ring (bicyclic) bond motifs is 2. The standard InChI is InChI=1S/C22H21N3O5S.C22H19N3O5S/c2*1-14(26)16-7-9-18-20(13-16)31(28,29)25-21(24-18)19(27)10-8-17(22-23-11-12-30-22)15-5-3-2-4-6-15/h2-7,9,11-14,17,26H,8,10H2,1H3,(H,24,25);2-7,9,11-13,17H,8,10H2,1H3,(H,24,25). The van der Waals surface area contributed by atoms with Gasteiger partial charge in [-0.1, -0.05) is 66.7 Å². The van der Waals surface area contributed by atoms with Crippen LogP contribution in [-0.2, 0) is 29.6 Å². The lowest BCUT2D eigenvalue weighted by molar-refractivity contribution is -0.113. The molecule has 318 valence electrons. The van der Waals surface area contributed by atoms with Crippen molar-refractivity contribution in [2.45, 2.75) is 67.3 Å². The number of carbonyl (C=O) groups excluding carboxylic acids is 3. The second-order valence-corrected chi connectivity index (χ2v) is 17.5. The number of oxazole rings is 2. The summed E-state index contributed by atoms with van der Waals surface area (Å²) in [5.74, 6) is -1.15. The van der Waals surface area contributed by atoms with E-state index in [9.17, 15) is 36.3 Å². The van der Waals surface area contributed by atoms with Crippen molar-refractivity contribution in [1.82, 2.24) is 9.97 Å². The number of hydrogen-bond donors (Lipinski definition) is 3. The van der Waals surface area contributed by atoms with Crippen molar-refractivity contribution in [3.05, 3.63) is 156 Å². The monoisotopic (exact) mass is 876 g/mol. The molecule has 0 bridgehead atoms. The molecule has 62 heavy (non-hydrogen) atoms. The van der Waals surface area contributed by atoms with Crippen molar-refractivity contribution >= 4 is 60.4 Å². The van der Waals surface area contributed by atoms with Gasteiger partial charge in [-0.25, -0.2) is 9.97 Å². The first-order valence-electron chi connectivity index (χ1n) is 19.4. The molecule has 0 spiro atoms. The normalized spacial score (nSPS) is 15.9. The molecule has 2 aliphatic rings. The van der Waals surface area contributed by atoms with Crippen molar-refractivity contribution in [1.29, 1.82) is 0 Å². The van der Waals surface area contributed by atoms with Crippen LogP contribution in [0.25, 0.3) is 0 Å². The Morgan fingerprint density at radius 3 is 1.50 bits per heavy atom. The van der Waals surface area contributed by atoms with Crippen LogP contribution in [0.1, 0.15) is 96.3 Å². The van der Waals surface area contributed by atoms with Gasteiger partial charge in [0.05, 0.1) is 41.7 Å². The Balaban J connectivity index is 0.000000186. The van der Waals surface area contributed by atoms with E-state index in [2.05, 4.69) is 29.4 Å². The van der Waals surface area contributed by atoms with Crippen LogP contribution in [0.15, 0.2) is 149 Å². The Morgan fingerprint density at radius 2 is 1.08 bits per heavy atom. The van der Waals surface area contributed by atoms with Crippen molar-refractivity contribution in [2.75, 3.05) is 10.6 Å². The molecule has 3 N–H and O–H groups in total. The van der Waals surface area contributed by atoms with E-state index < -0.39 is 37.7 Å². The quantitative estimate of drug-likeness (QED) is 0.0935. The van der Waals surface area contributed by atoms with E-state index >= 15 is 0 Å². The van der Waals surface area contributed by atoms with Gasteiger partial charge in [0.25, 0.3) is 20.0 Å². The summed E-state index contributed by atoms with van der Waals surface area (Å²) < 4.78 is 68.7. The van der Waals surface area contributed by atoms with Crippen molar-refractivity contribution < 1.29 is 45.2 Å². The summed E-state index contributed by atoms with van der Waals surface area (Å²) in [5.41, 5.74) is 3.06. The first kappa shape index (κ1) is 43.2. The molecule has 2 aromatic heterocycles. The molecule has 0 radical (unpaired) electrons. The summed E-state index contributed by atoms with van der Waals surface area (Å²) in [4.78, 5) is 45.4. The number of rotatable bonds is 14. The highest BCUT2D eigenvalue weighted by Crippen LogP contribution is 2.34. The molecule has 0 amide bonds. The second kappa shape index (κ2) is 18.4. The van der Waals surface area contributed by atoms with E-state index in [4.69, 9.17) is 8.83 Å². The van der Waals surface area contributed by atoms with Crippen LogP contribution >= 0.6 is 0 Å². The van der Waals surface area contributed by atoms with Crippen molar-refractivity contribution in [2.24, 2.45) is 8.80 Å². The summed E-state index contributed by atoms with van der Waals surface area (Å²) >= 11 is 0. The zero-order valence-electron chi connectivity index (χ0n) is 33.3. The SMILES string of the molecule is CC(=O)c1ccc2c(c1)S(=O)(=O)N=C(C(=O)CCC(c1ccccc1)c1ncco1)N2.CC(O)c1ccc2c(c1)S(=O)(=O)N=C(C(=O)CCC(c1ccccc1)c1ncco1)N2. The third-order valence-electron chi connectivity index (χ3n) is 10.1. The average Bonchev–Trinajstić information content (AvgIpc) is 4.00. The van der Waals surface area contributed by atoms with Gasteiger partial charge in [0.15, 0.2) is 29.0 Å². The Kier molecular flexibility index (Phi) is 12.8. The second-order valence-electron chi connectivity index (χ2n) is 14.4. The van der Waals surface area contributed by atoms with Gasteiger partial charge in [-0.05, 0) is 73.7 Å². The topological polar surface area (TPSA) is 241 Å². The highest BCUT2D eigenvalue weighted by atomic mass is 32.2. The molecule has 4 aromatic carbocycles. The van der Waals surface area contributed by atoms with Gasteiger partial charge in [-0.15, -0.1) is 8.80 Å². The number of nitrogens with one attached hydrogen (secondary N) is 2. The van der Waals surface area contributed by atoms with E-state index in [0.717, 1.165) is 11.1 Å². The molecular formula is C44H40N6O10S2. The summed E-state index contributed by atoms with van der Waals surface area (Å²) in [7, 11) is -8.17. The third-order valence-corrected chi connectivity index (χ3v) is 12.7. The van der Waals surface area contributed by atoms with Gasteiger partial charge in [-0.2, -0.15) is 16.8 Å². The number of nitrogens with zero attached hydrogens (tertiary/aromatic N) is 4. The van der Waals surface area contributed by atoms with Gasteiger partial charge < -0.3 is 24.6 Å².